The molecule has 2 atom stereocenters. The highest BCUT2D eigenvalue weighted by molar-refractivity contribution is 14.0. The van der Waals surface area contributed by atoms with E-state index in [2.05, 4.69) is 52.5 Å². The molecule has 2 aliphatic rings. The van der Waals surface area contributed by atoms with E-state index in [0.29, 0.717) is 12.0 Å². The van der Waals surface area contributed by atoms with Crippen LogP contribution in [0.25, 0.3) is 0 Å². The van der Waals surface area contributed by atoms with Gasteiger partial charge in [-0.25, -0.2) is 0 Å². The van der Waals surface area contributed by atoms with Gasteiger partial charge in [0.2, 0.25) is 0 Å². The first kappa shape index (κ1) is 21.4. The third kappa shape index (κ3) is 5.57. The van der Waals surface area contributed by atoms with Crippen LogP contribution < -0.4 is 5.32 Å². The van der Waals surface area contributed by atoms with Crippen LogP contribution in [0.15, 0.2) is 35.3 Å². The van der Waals surface area contributed by atoms with Crippen LogP contribution in [0, 0.1) is 5.92 Å². The number of nitrogens with zero attached hydrogens (tertiary/aromatic N) is 2. The second-order valence-corrected chi connectivity index (χ2v) is 6.82. The molecular weight excluding hydrogens is 441 g/mol. The second kappa shape index (κ2) is 11.1. The van der Waals surface area contributed by atoms with Gasteiger partial charge in [0.1, 0.15) is 0 Å². The number of hydrogen-bond donors (Lipinski definition) is 1. The maximum Gasteiger partial charge on any atom is 0.193 e. The van der Waals surface area contributed by atoms with Crippen LogP contribution >= 0.6 is 24.0 Å². The van der Waals surface area contributed by atoms with E-state index in [0.717, 1.165) is 58.1 Å². The molecule has 2 saturated heterocycles. The van der Waals surface area contributed by atoms with Gasteiger partial charge in [-0.1, -0.05) is 30.3 Å². The minimum Gasteiger partial charge on any atom is -0.378 e. The van der Waals surface area contributed by atoms with Gasteiger partial charge >= 0.3 is 0 Å². The summed E-state index contributed by atoms with van der Waals surface area (Å²) >= 11 is 0. The molecule has 6 heteroatoms. The average Bonchev–Trinajstić information content (AvgIpc) is 3.13. The van der Waals surface area contributed by atoms with E-state index in [4.69, 9.17) is 9.47 Å². The Morgan fingerprint density at radius 3 is 2.62 bits per heavy atom. The SMILES string of the molecule is CCOC1CCN(C(=NC)NCC2CCOC2c2ccccc2)CC1.I. The Morgan fingerprint density at radius 1 is 1.23 bits per heavy atom. The summed E-state index contributed by atoms with van der Waals surface area (Å²) < 4.78 is 11.7. The molecule has 2 fully saturated rings. The topological polar surface area (TPSA) is 46.1 Å². The van der Waals surface area contributed by atoms with E-state index in [1.807, 2.05) is 7.05 Å². The molecule has 2 unspecified atom stereocenters. The van der Waals surface area contributed by atoms with E-state index in [-0.39, 0.29) is 30.1 Å². The lowest BCUT2D eigenvalue weighted by molar-refractivity contribution is 0.0263. The van der Waals surface area contributed by atoms with Gasteiger partial charge in [-0.15, -0.1) is 24.0 Å². The summed E-state index contributed by atoms with van der Waals surface area (Å²) in [6.45, 7) is 6.63. The van der Waals surface area contributed by atoms with E-state index in [1.165, 1.54) is 5.56 Å². The van der Waals surface area contributed by atoms with Gasteiger partial charge in [0.05, 0.1) is 12.2 Å². The predicted octanol–water partition coefficient (Wildman–Crippen LogP) is 3.46. The van der Waals surface area contributed by atoms with Crippen molar-refractivity contribution >= 4 is 29.9 Å². The van der Waals surface area contributed by atoms with Crippen LogP contribution in [-0.4, -0.2) is 56.9 Å². The summed E-state index contributed by atoms with van der Waals surface area (Å²) in [7, 11) is 1.87. The molecule has 0 aromatic heterocycles. The van der Waals surface area contributed by atoms with Gasteiger partial charge in [-0.2, -0.15) is 0 Å². The molecule has 0 aliphatic carbocycles. The molecule has 0 bridgehead atoms. The lowest BCUT2D eigenvalue weighted by atomic mass is 9.95. The number of piperidine rings is 1. The van der Waals surface area contributed by atoms with E-state index in [9.17, 15) is 0 Å². The van der Waals surface area contributed by atoms with Crippen LogP contribution in [0.3, 0.4) is 0 Å². The molecule has 0 saturated carbocycles. The highest BCUT2D eigenvalue weighted by Gasteiger charge is 2.30. The standard InChI is InChI=1S/C20H31N3O2.HI/c1-3-24-18-9-12-23(13-10-18)20(21-2)22-15-17-11-14-25-19(17)16-7-5-4-6-8-16;/h4-8,17-19H,3,9-15H2,1-2H3,(H,21,22);1H. The Balaban J connectivity index is 0.00000243. The summed E-state index contributed by atoms with van der Waals surface area (Å²) in [5.41, 5.74) is 1.28. The van der Waals surface area contributed by atoms with Gasteiger partial charge in [0, 0.05) is 45.8 Å². The number of likely N-dealkylation sites (tertiary alicyclic amines) is 1. The quantitative estimate of drug-likeness (QED) is 0.404. The largest absolute Gasteiger partial charge is 0.378 e. The summed E-state index contributed by atoms with van der Waals surface area (Å²) in [6, 6.07) is 10.6. The zero-order valence-electron chi connectivity index (χ0n) is 15.9. The Kier molecular flexibility index (Phi) is 9.15. The highest BCUT2D eigenvalue weighted by Crippen LogP contribution is 2.33. The number of halogens is 1. The number of hydrogen-bond acceptors (Lipinski definition) is 3. The molecule has 2 heterocycles. The van der Waals surface area contributed by atoms with Gasteiger partial charge in [-0.3, -0.25) is 4.99 Å². The van der Waals surface area contributed by atoms with Crippen molar-refractivity contribution in [1.29, 1.82) is 0 Å². The van der Waals surface area contributed by atoms with Gasteiger partial charge in [-0.05, 0) is 31.7 Å². The number of benzene rings is 1. The fraction of sp³-hybridized carbons (Fsp3) is 0.650. The maximum atomic E-state index is 5.99. The molecule has 146 valence electrons. The van der Waals surface area contributed by atoms with Crippen LogP contribution in [0.1, 0.15) is 37.9 Å². The average molecular weight is 473 g/mol. The smallest absolute Gasteiger partial charge is 0.193 e. The first-order valence-electron chi connectivity index (χ1n) is 9.55. The van der Waals surface area contributed by atoms with Gasteiger partial charge < -0.3 is 19.7 Å². The molecule has 1 aromatic carbocycles. The van der Waals surface area contributed by atoms with Crippen molar-refractivity contribution in [3.63, 3.8) is 0 Å². The first-order chi connectivity index (χ1) is 12.3. The van der Waals surface area contributed by atoms with Gasteiger partial charge in [0.15, 0.2) is 5.96 Å². The third-order valence-corrected chi connectivity index (χ3v) is 5.22. The van der Waals surface area contributed by atoms with E-state index in [1.54, 1.807) is 0 Å². The lowest BCUT2D eigenvalue weighted by Crippen LogP contribution is -2.48. The predicted molar refractivity (Wildman–Crippen MR) is 116 cm³/mol. The summed E-state index contributed by atoms with van der Waals surface area (Å²) in [5.74, 6) is 1.49. The molecule has 1 N–H and O–H groups in total. The second-order valence-electron chi connectivity index (χ2n) is 6.82. The zero-order chi connectivity index (χ0) is 17.5. The zero-order valence-corrected chi connectivity index (χ0v) is 18.2. The molecule has 3 rings (SSSR count). The molecule has 0 spiro atoms. The number of aliphatic imine (C=N–C) groups is 1. The highest BCUT2D eigenvalue weighted by atomic mass is 127. The van der Waals surface area contributed by atoms with Crippen molar-refractivity contribution in [2.45, 2.75) is 38.4 Å². The van der Waals surface area contributed by atoms with Crippen LogP contribution in [0.2, 0.25) is 0 Å². The number of nitrogens with one attached hydrogen (secondary N) is 1. The number of rotatable bonds is 5. The number of guanidine groups is 1. The Labute approximate surface area is 174 Å². The monoisotopic (exact) mass is 473 g/mol. The summed E-state index contributed by atoms with van der Waals surface area (Å²) in [6.07, 6.45) is 3.85. The Bertz CT molecular complexity index is 547. The summed E-state index contributed by atoms with van der Waals surface area (Å²) in [5, 5.41) is 3.58. The number of ether oxygens (including phenoxy) is 2. The molecule has 0 radical (unpaired) electrons. The molecule has 0 amide bonds. The van der Waals surface area contributed by atoms with Crippen molar-refractivity contribution in [3.8, 4) is 0 Å². The summed E-state index contributed by atoms with van der Waals surface area (Å²) in [4.78, 5) is 6.84. The minimum atomic E-state index is 0. The van der Waals surface area contributed by atoms with Crippen molar-refractivity contribution in [2.24, 2.45) is 10.9 Å². The van der Waals surface area contributed by atoms with Crippen molar-refractivity contribution in [1.82, 2.24) is 10.2 Å². The van der Waals surface area contributed by atoms with Crippen LogP contribution in [0.4, 0.5) is 0 Å². The molecule has 26 heavy (non-hydrogen) atoms. The van der Waals surface area contributed by atoms with E-state index < -0.39 is 0 Å². The third-order valence-electron chi connectivity index (χ3n) is 5.22. The Hall–Kier alpha value is -0.860. The van der Waals surface area contributed by atoms with Crippen LogP contribution in [0.5, 0.6) is 0 Å². The fourth-order valence-corrected chi connectivity index (χ4v) is 3.88. The molecule has 5 nitrogen and oxygen atoms in total. The maximum absolute atomic E-state index is 5.99. The minimum absolute atomic E-state index is 0. The normalized spacial score (nSPS) is 24.4. The van der Waals surface area contributed by atoms with Crippen molar-refractivity contribution < 1.29 is 9.47 Å². The molecule has 2 aliphatic heterocycles. The fourth-order valence-electron chi connectivity index (χ4n) is 3.88. The molecular formula is C20H32IN3O2. The van der Waals surface area contributed by atoms with Crippen molar-refractivity contribution in [2.75, 3.05) is 39.9 Å². The van der Waals surface area contributed by atoms with E-state index >= 15 is 0 Å². The van der Waals surface area contributed by atoms with Crippen LogP contribution in [-0.2, 0) is 9.47 Å². The van der Waals surface area contributed by atoms with Crippen molar-refractivity contribution in [3.05, 3.63) is 35.9 Å². The lowest BCUT2D eigenvalue weighted by Gasteiger charge is -2.34. The van der Waals surface area contributed by atoms with Gasteiger partial charge in [0.25, 0.3) is 0 Å². The Morgan fingerprint density at radius 2 is 1.96 bits per heavy atom. The molecule has 1 aromatic rings. The first-order valence-corrected chi connectivity index (χ1v) is 9.55.